The Morgan fingerprint density at radius 1 is 1.07 bits per heavy atom. The zero-order valence-electron chi connectivity index (χ0n) is 16.0. The molecule has 2 amide bonds. The average Bonchev–Trinajstić information content (AvgIpc) is 2.98. The van der Waals surface area contributed by atoms with E-state index in [4.69, 9.17) is 10.5 Å². The van der Waals surface area contributed by atoms with Crippen LogP contribution in [0.25, 0.3) is 0 Å². The first-order valence-corrected chi connectivity index (χ1v) is 9.49. The summed E-state index contributed by atoms with van der Waals surface area (Å²) in [4.78, 5) is 50.2. The number of imide groups is 1. The summed E-state index contributed by atoms with van der Waals surface area (Å²) in [7, 11) is 0. The number of para-hydroxylation sites is 1. The number of carbonyl (C=O) groups is 3. The molecule has 0 spiro atoms. The zero-order chi connectivity index (χ0) is 21.1. The number of benzene rings is 1. The van der Waals surface area contributed by atoms with Gasteiger partial charge in [0.1, 0.15) is 6.54 Å². The van der Waals surface area contributed by atoms with E-state index in [1.165, 1.54) is 0 Å². The summed E-state index contributed by atoms with van der Waals surface area (Å²) in [6.45, 7) is -0.694. The van der Waals surface area contributed by atoms with Crippen molar-refractivity contribution in [1.29, 1.82) is 0 Å². The third kappa shape index (κ3) is 4.12. The first-order chi connectivity index (χ1) is 14.5. The number of likely N-dealkylation sites (tertiary alicyclic amines) is 1. The van der Waals surface area contributed by atoms with E-state index in [0.717, 1.165) is 10.6 Å². The Labute approximate surface area is 172 Å². The van der Waals surface area contributed by atoms with Gasteiger partial charge in [0.15, 0.2) is 12.4 Å². The molecule has 2 atom stereocenters. The molecular formula is C20H20N6O4. The van der Waals surface area contributed by atoms with Crippen molar-refractivity contribution in [3.8, 4) is 0 Å². The lowest BCUT2D eigenvalue weighted by molar-refractivity contribution is -0.154. The lowest BCUT2D eigenvalue weighted by Gasteiger charge is -2.14. The Morgan fingerprint density at radius 3 is 2.40 bits per heavy atom. The van der Waals surface area contributed by atoms with Crippen molar-refractivity contribution in [3.63, 3.8) is 0 Å². The number of aromatic nitrogens is 3. The topological polar surface area (TPSA) is 140 Å². The predicted octanol–water partition coefficient (Wildman–Crippen LogP) is 1.19. The van der Waals surface area contributed by atoms with Crippen molar-refractivity contribution < 1.29 is 19.1 Å². The number of hydrogen-bond donors (Lipinski definition) is 2. The van der Waals surface area contributed by atoms with Crippen LogP contribution in [0.1, 0.15) is 18.7 Å². The zero-order valence-corrected chi connectivity index (χ0v) is 16.0. The molecule has 1 fully saturated rings. The fourth-order valence-electron chi connectivity index (χ4n) is 3.55. The lowest BCUT2D eigenvalue weighted by atomic mass is 9.85. The number of fused-ring (bicyclic) bond motifs is 1. The summed E-state index contributed by atoms with van der Waals surface area (Å²) in [6.07, 6.45) is 4.81. The second kappa shape index (κ2) is 8.27. The van der Waals surface area contributed by atoms with Crippen molar-refractivity contribution in [2.24, 2.45) is 11.8 Å². The minimum Gasteiger partial charge on any atom is -0.456 e. The number of esters is 1. The number of nitrogens with two attached hydrogens (primary N) is 1. The first kappa shape index (κ1) is 19.5. The Hall–Kier alpha value is -3.82. The number of nitrogen functional groups attached to an aromatic ring is 1. The maximum Gasteiger partial charge on any atom is 0.326 e. The van der Waals surface area contributed by atoms with Gasteiger partial charge in [-0.25, -0.2) is 0 Å². The van der Waals surface area contributed by atoms with Crippen LogP contribution in [-0.4, -0.2) is 44.2 Å². The normalized spacial score (nSPS) is 20.2. The van der Waals surface area contributed by atoms with Gasteiger partial charge < -0.3 is 15.8 Å². The van der Waals surface area contributed by atoms with Gasteiger partial charge in [-0.1, -0.05) is 30.4 Å². The van der Waals surface area contributed by atoms with E-state index >= 15 is 0 Å². The molecule has 2 aliphatic rings. The highest BCUT2D eigenvalue weighted by molar-refractivity contribution is 6.07. The highest BCUT2D eigenvalue weighted by atomic mass is 16.5. The molecule has 30 heavy (non-hydrogen) atoms. The van der Waals surface area contributed by atoms with Gasteiger partial charge in [-0.3, -0.25) is 19.3 Å². The van der Waals surface area contributed by atoms with E-state index in [9.17, 15) is 14.4 Å². The maximum atomic E-state index is 12.4. The molecule has 154 valence electrons. The number of ether oxygens (including phenoxy) is 1. The van der Waals surface area contributed by atoms with Crippen LogP contribution in [0.3, 0.4) is 0 Å². The Kier molecular flexibility index (Phi) is 5.38. The molecule has 1 aliphatic heterocycles. The number of rotatable bonds is 6. The number of carbonyl (C=O) groups excluding carboxylic acids is 3. The second-order valence-corrected chi connectivity index (χ2v) is 7.00. The molecule has 4 rings (SSSR count). The van der Waals surface area contributed by atoms with Crippen molar-refractivity contribution in [2.45, 2.75) is 19.4 Å². The van der Waals surface area contributed by atoms with Gasteiger partial charge in [0.05, 0.1) is 11.8 Å². The van der Waals surface area contributed by atoms with Crippen LogP contribution in [0.15, 0.2) is 42.5 Å². The Balaban J connectivity index is 1.36. The monoisotopic (exact) mass is 408 g/mol. The number of nitrogens with zero attached hydrogens (tertiary/aromatic N) is 4. The largest absolute Gasteiger partial charge is 0.456 e. The van der Waals surface area contributed by atoms with Crippen molar-refractivity contribution in [1.82, 2.24) is 19.9 Å². The van der Waals surface area contributed by atoms with E-state index in [0.29, 0.717) is 12.8 Å². The predicted molar refractivity (Wildman–Crippen MR) is 106 cm³/mol. The lowest BCUT2D eigenvalue weighted by Crippen LogP contribution is -2.36. The first-order valence-electron chi connectivity index (χ1n) is 9.49. The van der Waals surface area contributed by atoms with Crippen LogP contribution in [0.5, 0.6) is 0 Å². The number of hydrogen-bond acceptors (Lipinski definition) is 9. The van der Waals surface area contributed by atoms with Gasteiger partial charge in [0.25, 0.3) is 0 Å². The van der Waals surface area contributed by atoms with Gasteiger partial charge in [-0.05, 0) is 25.0 Å². The molecule has 0 bridgehead atoms. The van der Waals surface area contributed by atoms with Crippen molar-refractivity contribution in [2.75, 3.05) is 17.6 Å². The molecule has 3 N–H and O–H groups in total. The van der Waals surface area contributed by atoms with E-state index in [1.807, 2.05) is 42.5 Å². The van der Waals surface area contributed by atoms with Crippen LogP contribution < -0.4 is 11.1 Å². The SMILES string of the molecule is Nc1nc(COC(=O)CN2C(=O)C3CC=CCC3C2=O)nc(Nc2ccccc2)n1. The van der Waals surface area contributed by atoms with E-state index < -0.39 is 12.5 Å². The molecule has 1 saturated heterocycles. The summed E-state index contributed by atoms with van der Waals surface area (Å²) < 4.78 is 5.16. The van der Waals surface area contributed by atoms with Gasteiger partial charge in [-0.15, -0.1) is 0 Å². The van der Waals surface area contributed by atoms with Crippen LogP contribution >= 0.6 is 0 Å². The molecule has 2 unspecified atom stereocenters. The maximum absolute atomic E-state index is 12.4. The molecule has 1 aromatic carbocycles. The molecule has 0 saturated carbocycles. The summed E-state index contributed by atoms with van der Waals surface area (Å²) >= 11 is 0. The van der Waals surface area contributed by atoms with Crippen LogP contribution in [0.4, 0.5) is 17.6 Å². The second-order valence-electron chi connectivity index (χ2n) is 7.00. The molecule has 1 aliphatic carbocycles. The van der Waals surface area contributed by atoms with Gasteiger partial charge in [0.2, 0.25) is 23.7 Å². The van der Waals surface area contributed by atoms with Gasteiger partial charge in [0, 0.05) is 5.69 Å². The van der Waals surface area contributed by atoms with Gasteiger partial charge in [-0.2, -0.15) is 15.0 Å². The number of allylic oxidation sites excluding steroid dienone is 2. The Morgan fingerprint density at radius 2 is 1.73 bits per heavy atom. The number of nitrogens with one attached hydrogen (secondary N) is 1. The fraction of sp³-hybridized carbons (Fsp3) is 0.300. The highest BCUT2D eigenvalue weighted by Gasteiger charge is 2.47. The van der Waals surface area contributed by atoms with Crippen molar-refractivity contribution in [3.05, 3.63) is 48.3 Å². The van der Waals surface area contributed by atoms with Crippen LogP contribution in [0.2, 0.25) is 0 Å². The number of anilines is 3. The number of amides is 2. The molecule has 10 nitrogen and oxygen atoms in total. The third-order valence-corrected chi connectivity index (χ3v) is 4.98. The van der Waals surface area contributed by atoms with Gasteiger partial charge >= 0.3 is 5.97 Å². The van der Waals surface area contributed by atoms with Crippen LogP contribution in [-0.2, 0) is 25.7 Å². The van der Waals surface area contributed by atoms with E-state index in [-0.39, 0.29) is 48.0 Å². The van der Waals surface area contributed by atoms with Crippen molar-refractivity contribution >= 4 is 35.4 Å². The summed E-state index contributed by atoms with van der Waals surface area (Å²) in [5.41, 5.74) is 6.47. The van der Waals surface area contributed by atoms with E-state index in [2.05, 4.69) is 20.3 Å². The molecule has 10 heteroatoms. The molecule has 1 aromatic heterocycles. The summed E-state index contributed by atoms with van der Waals surface area (Å²) in [5, 5.41) is 2.99. The summed E-state index contributed by atoms with van der Waals surface area (Å²) in [5.74, 6) is -1.83. The molecule has 0 radical (unpaired) electrons. The quantitative estimate of drug-likeness (QED) is 0.409. The molecule has 2 heterocycles. The smallest absolute Gasteiger partial charge is 0.326 e. The highest BCUT2D eigenvalue weighted by Crippen LogP contribution is 2.34. The Bertz CT molecular complexity index is 984. The standard InChI is InChI=1S/C20H20N6O4/c21-19-23-15(24-20(25-19)22-12-6-2-1-3-7-12)11-30-16(27)10-26-17(28)13-8-4-5-9-14(13)18(26)29/h1-7,13-14H,8-11H2,(H3,21,22,23,24,25). The van der Waals surface area contributed by atoms with Crippen LogP contribution in [0, 0.1) is 11.8 Å². The molecule has 2 aromatic rings. The summed E-state index contributed by atoms with van der Waals surface area (Å²) in [6, 6.07) is 9.23. The minimum absolute atomic E-state index is 0.0315. The fourth-order valence-corrected chi connectivity index (χ4v) is 3.55. The average molecular weight is 408 g/mol. The van der Waals surface area contributed by atoms with E-state index in [1.54, 1.807) is 0 Å². The third-order valence-electron chi connectivity index (χ3n) is 4.98. The minimum atomic E-state index is -0.722. The molecular weight excluding hydrogens is 388 g/mol.